The van der Waals surface area contributed by atoms with Crippen molar-refractivity contribution in [2.45, 2.75) is 25.3 Å². The van der Waals surface area contributed by atoms with Gasteiger partial charge in [-0.3, -0.25) is 10.1 Å². The van der Waals surface area contributed by atoms with Gasteiger partial charge in [0.05, 0.1) is 9.95 Å². The quantitative estimate of drug-likeness (QED) is 0.633. The molecule has 1 unspecified atom stereocenters. The lowest BCUT2D eigenvalue weighted by Crippen LogP contribution is -2.24. The molecule has 0 amide bonds. The molecule has 0 radical (unpaired) electrons. The SMILES string of the molecule is O=[N+]([O-])c1cnc(NCCC2CCCN2)c(Cl)c1. The number of nitrogens with zero attached hydrogens (tertiary/aromatic N) is 2. The lowest BCUT2D eigenvalue weighted by molar-refractivity contribution is -0.385. The summed E-state index contributed by atoms with van der Waals surface area (Å²) in [6.07, 6.45) is 4.63. The zero-order chi connectivity index (χ0) is 13.0. The first-order chi connectivity index (χ1) is 8.66. The molecule has 0 aromatic carbocycles. The van der Waals surface area contributed by atoms with Crippen molar-refractivity contribution in [1.82, 2.24) is 10.3 Å². The minimum absolute atomic E-state index is 0.0944. The number of nitrogens with one attached hydrogen (secondary N) is 2. The minimum atomic E-state index is -0.509. The molecule has 0 bridgehead atoms. The van der Waals surface area contributed by atoms with Crippen LogP contribution in [0.2, 0.25) is 5.02 Å². The molecule has 1 aliphatic rings. The zero-order valence-electron chi connectivity index (χ0n) is 9.86. The smallest absolute Gasteiger partial charge is 0.289 e. The third-order valence-electron chi connectivity index (χ3n) is 2.99. The number of rotatable bonds is 5. The second-order valence-corrected chi connectivity index (χ2v) is 4.70. The van der Waals surface area contributed by atoms with Crippen LogP contribution < -0.4 is 10.6 Å². The highest BCUT2D eigenvalue weighted by Crippen LogP contribution is 2.23. The predicted molar refractivity (Wildman–Crippen MR) is 70.0 cm³/mol. The molecule has 1 fully saturated rings. The summed E-state index contributed by atoms with van der Waals surface area (Å²) in [5, 5.41) is 17.3. The Hall–Kier alpha value is -1.40. The average molecular weight is 271 g/mol. The van der Waals surface area contributed by atoms with Crippen LogP contribution in [0.3, 0.4) is 0 Å². The molecule has 0 aliphatic carbocycles. The topological polar surface area (TPSA) is 80.1 Å². The third-order valence-corrected chi connectivity index (χ3v) is 3.27. The van der Waals surface area contributed by atoms with Crippen LogP contribution in [-0.4, -0.2) is 29.0 Å². The molecule has 2 heterocycles. The minimum Gasteiger partial charge on any atom is -0.369 e. The van der Waals surface area contributed by atoms with Gasteiger partial charge in [0, 0.05) is 18.7 Å². The molecule has 0 spiro atoms. The lowest BCUT2D eigenvalue weighted by Gasteiger charge is -2.11. The van der Waals surface area contributed by atoms with Gasteiger partial charge in [0.1, 0.15) is 12.0 Å². The Bertz CT molecular complexity index is 435. The molecular weight excluding hydrogens is 256 g/mol. The molecule has 2 N–H and O–H groups in total. The molecule has 6 nitrogen and oxygen atoms in total. The van der Waals surface area contributed by atoms with E-state index in [2.05, 4.69) is 15.6 Å². The van der Waals surface area contributed by atoms with Gasteiger partial charge >= 0.3 is 0 Å². The maximum Gasteiger partial charge on any atom is 0.289 e. The second kappa shape index (κ2) is 5.97. The predicted octanol–water partition coefficient (Wildman–Crippen LogP) is 2.20. The van der Waals surface area contributed by atoms with Gasteiger partial charge in [0.15, 0.2) is 0 Å². The van der Waals surface area contributed by atoms with E-state index in [9.17, 15) is 10.1 Å². The van der Waals surface area contributed by atoms with E-state index in [1.54, 1.807) is 0 Å². The molecule has 1 saturated heterocycles. The highest BCUT2D eigenvalue weighted by Gasteiger charge is 2.14. The summed E-state index contributed by atoms with van der Waals surface area (Å²) in [5.74, 6) is 0.500. The van der Waals surface area contributed by atoms with Crippen molar-refractivity contribution < 1.29 is 4.92 Å². The highest BCUT2D eigenvalue weighted by molar-refractivity contribution is 6.33. The normalized spacial score (nSPS) is 18.8. The van der Waals surface area contributed by atoms with Gasteiger partial charge in [-0.05, 0) is 25.8 Å². The summed E-state index contributed by atoms with van der Waals surface area (Å²) in [7, 11) is 0. The molecule has 0 saturated carbocycles. The Morgan fingerprint density at radius 3 is 3.11 bits per heavy atom. The van der Waals surface area contributed by atoms with Crippen LogP contribution in [-0.2, 0) is 0 Å². The number of anilines is 1. The molecular formula is C11H15ClN4O2. The summed E-state index contributed by atoms with van der Waals surface area (Å²) in [6, 6.07) is 1.86. The van der Waals surface area contributed by atoms with Crippen LogP contribution >= 0.6 is 11.6 Å². The largest absolute Gasteiger partial charge is 0.369 e. The molecule has 1 atom stereocenters. The van der Waals surface area contributed by atoms with Crippen molar-refractivity contribution >= 4 is 23.1 Å². The number of pyridine rings is 1. The summed E-state index contributed by atoms with van der Waals surface area (Å²) in [6.45, 7) is 1.84. The van der Waals surface area contributed by atoms with Gasteiger partial charge in [-0.25, -0.2) is 4.98 Å². The van der Waals surface area contributed by atoms with E-state index in [1.807, 2.05) is 0 Å². The number of hydrogen-bond donors (Lipinski definition) is 2. The van der Waals surface area contributed by atoms with E-state index in [4.69, 9.17) is 11.6 Å². The van der Waals surface area contributed by atoms with E-state index in [0.29, 0.717) is 11.9 Å². The number of halogens is 1. The average Bonchev–Trinajstić information content (AvgIpc) is 2.84. The first-order valence-corrected chi connectivity index (χ1v) is 6.32. The summed E-state index contributed by atoms with van der Waals surface area (Å²) in [4.78, 5) is 14.0. The fourth-order valence-corrected chi connectivity index (χ4v) is 2.25. The van der Waals surface area contributed by atoms with Gasteiger partial charge in [-0.2, -0.15) is 0 Å². The van der Waals surface area contributed by atoms with Crippen molar-refractivity contribution in [2.24, 2.45) is 0 Å². The van der Waals surface area contributed by atoms with Crippen LogP contribution in [0, 0.1) is 10.1 Å². The van der Waals surface area contributed by atoms with Crippen molar-refractivity contribution in [1.29, 1.82) is 0 Å². The number of aromatic nitrogens is 1. The maximum atomic E-state index is 10.5. The molecule has 1 aliphatic heterocycles. The molecule has 1 aromatic heterocycles. The Morgan fingerprint density at radius 1 is 1.67 bits per heavy atom. The maximum absolute atomic E-state index is 10.5. The van der Waals surface area contributed by atoms with Crippen molar-refractivity contribution in [3.63, 3.8) is 0 Å². The fourth-order valence-electron chi connectivity index (χ4n) is 2.03. The Balaban J connectivity index is 1.87. The van der Waals surface area contributed by atoms with E-state index in [-0.39, 0.29) is 10.7 Å². The summed E-state index contributed by atoms with van der Waals surface area (Å²) < 4.78 is 0. The summed E-state index contributed by atoms with van der Waals surface area (Å²) in [5.41, 5.74) is -0.0944. The van der Waals surface area contributed by atoms with Crippen molar-refractivity contribution in [2.75, 3.05) is 18.4 Å². The number of nitro groups is 1. The van der Waals surface area contributed by atoms with E-state index in [0.717, 1.165) is 19.5 Å². The number of hydrogen-bond acceptors (Lipinski definition) is 5. The monoisotopic (exact) mass is 270 g/mol. The van der Waals surface area contributed by atoms with Crippen molar-refractivity contribution in [3.05, 3.63) is 27.4 Å². The van der Waals surface area contributed by atoms with E-state index >= 15 is 0 Å². The first kappa shape index (κ1) is 13.0. The third kappa shape index (κ3) is 3.30. The molecule has 2 rings (SSSR count). The molecule has 18 heavy (non-hydrogen) atoms. The second-order valence-electron chi connectivity index (χ2n) is 4.29. The van der Waals surface area contributed by atoms with Crippen LogP contribution in [0.25, 0.3) is 0 Å². The molecule has 7 heteroatoms. The standard InChI is InChI=1S/C11H15ClN4O2/c12-10-6-9(16(17)18)7-15-11(10)14-5-3-8-2-1-4-13-8/h6-8,13H,1-5H2,(H,14,15). The Labute approximate surface area is 110 Å². The Morgan fingerprint density at radius 2 is 2.50 bits per heavy atom. The van der Waals surface area contributed by atoms with Crippen LogP contribution in [0.1, 0.15) is 19.3 Å². The van der Waals surface area contributed by atoms with Gasteiger partial charge in [0.2, 0.25) is 0 Å². The molecule has 98 valence electrons. The van der Waals surface area contributed by atoms with Gasteiger partial charge in [-0.1, -0.05) is 11.6 Å². The Kier molecular flexibility index (Phi) is 4.33. The first-order valence-electron chi connectivity index (χ1n) is 5.94. The molecule has 1 aromatic rings. The fraction of sp³-hybridized carbons (Fsp3) is 0.545. The van der Waals surface area contributed by atoms with Crippen molar-refractivity contribution in [3.8, 4) is 0 Å². The van der Waals surface area contributed by atoms with Gasteiger partial charge in [-0.15, -0.1) is 0 Å². The van der Waals surface area contributed by atoms with Crippen LogP contribution in [0.4, 0.5) is 11.5 Å². The zero-order valence-corrected chi connectivity index (χ0v) is 10.6. The summed E-state index contributed by atoms with van der Waals surface area (Å²) >= 11 is 5.92. The lowest BCUT2D eigenvalue weighted by atomic mass is 10.1. The van der Waals surface area contributed by atoms with Crippen LogP contribution in [0.5, 0.6) is 0 Å². The highest BCUT2D eigenvalue weighted by atomic mass is 35.5. The van der Waals surface area contributed by atoms with Crippen LogP contribution in [0.15, 0.2) is 12.3 Å². The van der Waals surface area contributed by atoms with E-state index < -0.39 is 4.92 Å². The van der Waals surface area contributed by atoms with Gasteiger partial charge < -0.3 is 10.6 Å². The van der Waals surface area contributed by atoms with Gasteiger partial charge in [0.25, 0.3) is 5.69 Å². The van der Waals surface area contributed by atoms with E-state index in [1.165, 1.54) is 25.1 Å².